The van der Waals surface area contributed by atoms with Gasteiger partial charge < -0.3 is 15.2 Å². The van der Waals surface area contributed by atoms with Crippen LogP contribution >= 0.6 is 12.4 Å². The molecule has 1 aliphatic heterocycles. The SMILES string of the molecule is Cl.Cn1cncc1C(=O)NCC1(C)CCNCC1. The summed E-state index contributed by atoms with van der Waals surface area (Å²) in [6.07, 6.45) is 5.46. The summed E-state index contributed by atoms with van der Waals surface area (Å²) in [4.78, 5) is 15.9. The van der Waals surface area contributed by atoms with Crippen molar-refractivity contribution < 1.29 is 4.79 Å². The molecule has 2 heterocycles. The second-order valence-electron chi connectivity index (χ2n) is 5.13. The Morgan fingerprint density at radius 3 is 2.78 bits per heavy atom. The van der Waals surface area contributed by atoms with E-state index in [9.17, 15) is 4.79 Å². The van der Waals surface area contributed by atoms with Crippen LogP contribution in [0.25, 0.3) is 0 Å². The molecule has 18 heavy (non-hydrogen) atoms. The van der Waals surface area contributed by atoms with Crippen LogP contribution < -0.4 is 10.6 Å². The molecule has 1 aromatic heterocycles. The summed E-state index contributed by atoms with van der Waals surface area (Å²) in [7, 11) is 1.83. The van der Waals surface area contributed by atoms with Crippen molar-refractivity contribution in [2.75, 3.05) is 19.6 Å². The van der Waals surface area contributed by atoms with E-state index in [4.69, 9.17) is 0 Å². The molecule has 0 radical (unpaired) electrons. The van der Waals surface area contributed by atoms with Crippen LogP contribution in [0.2, 0.25) is 0 Å². The first-order chi connectivity index (χ1) is 8.11. The lowest BCUT2D eigenvalue weighted by Crippen LogP contribution is -2.43. The van der Waals surface area contributed by atoms with Crippen LogP contribution in [-0.4, -0.2) is 35.1 Å². The van der Waals surface area contributed by atoms with Crippen LogP contribution in [0.3, 0.4) is 0 Å². The molecule has 6 heteroatoms. The number of imidazole rings is 1. The van der Waals surface area contributed by atoms with Crippen molar-refractivity contribution in [2.45, 2.75) is 19.8 Å². The van der Waals surface area contributed by atoms with E-state index in [2.05, 4.69) is 22.5 Å². The molecular weight excluding hydrogens is 252 g/mol. The Morgan fingerprint density at radius 1 is 1.56 bits per heavy atom. The predicted molar refractivity (Wildman–Crippen MR) is 73.0 cm³/mol. The van der Waals surface area contributed by atoms with Gasteiger partial charge in [-0.1, -0.05) is 6.92 Å². The molecular formula is C12H21ClN4O. The summed E-state index contributed by atoms with van der Waals surface area (Å²) >= 11 is 0. The average molecular weight is 273 g/mol. The Kier molecular flexibility index (Phi) is 5.16. The number of piperidine rings is 1. The summed E-state index contributed by atoms with van der Waals surface area (Å²) in [6, 6.07) is 0. The quantitative estimate of drug-likeness (QED) is 0.862. The summed E-state index contributed by atoms with van der Waals surface area (Å²) in [6.45, 7) is 5.05. The average Bonchev–Trinajstić information content (AvgIpc) is 2.74. The van der Waals surface area contributed by atoms with Crippen molar-refractivity contribution in [3.63, 3.8) is 0 Å². The van der Waals surface area contributed by atoms with Crippen LogP contribution in [0.15, 0.2) is 12.5 Å². The Morgan fingerprint density at radius 2 is 2.22 bits per heavy atom. The smallest absolute Gasteiger partial charge is 0.269 e. The molecule has 0 aliphatic carbocycles. The van der Waals surface area contributed by atoms with Gasteiger partial charge in [-0.2, -0.15) is 0 Å². The maximum absolute atomic E-state index is 11.9. The fraction of sp³-hybridized carbons (Fsp3) is 0.667. The molecule has 2 rings (SSSR count). The minimum absolute atomic E-state index is 0. The first-order valence-corrected chi connectivity index (χ1v) is 6.06. The highest BCUT2D eigenvalue weighted by Crippen LogP contribution is 2.26. The van der Waals surface area contributed by atoms with Gasteiger partial charge >= 0.3 is 0 Å². The molecule has 1 amide bonds. The largest absolute Gasteiger partial charge is 0.350 e. The van der Waals surface area contributed by atoms with Gasteiger partial charge in [0.05, 0.1) is 12.5 Å². The summed E-state index contributed by atoms with van der Waals surface area (Å²) < 4.78 is 1.74. The number of halogens is 1. The fourth-order valence-electron chi connectivity index (χ4n) is 2.17. The van der Waals surface area contributed by atoms with Crippen LogP contribution in [0, 0.1) is 5.41 Å². The molecule has 102 valence electrons. The third-order valence-electron chi connectivity index (χ3n) is 3.54. The molecule has 1 fully saturated rings. The van der Waals surface area contributed by atoms with E-state index in [1.807, 2.05) is 7.05 Å². The number of aryl methyl sites for hydroxylation is 1. The molecule has 0 bridgehead atoms. The highest BCUT2D eigenvalue weighted by atomic mass is 35.5. The van der Waals surface area contributed by atoms with Crippen molar-refractivity contribution in [2.24, 2.45) is 12.5 Å². The molecule has 0 saturated carbocycles. The Balaban J connectivity index is 0.00000162. The lowest BCUT2D eigenvalue weighted by molar-refractivity contribution is 0.0914. The number of nitrogens with one attached hydrogen (secondary N) is 2. The normalized spacial score (nSPS) is 17.9. The lowest BCUT2D eigenvalue weighted by Gasteiger charge is -2.34. The number of carbonyl (C=O) groups is 1. The summed E-state index contributed by atoms with van der Waals surface area (Å²) in [5, 5.41) is 6.35. The zero-order valence-electron chi connectivity index (χ0n) is 10.9. The van der Waals surface area contributed by atoms with Crippen molar-refractivity contribution in [1.82, 2.24) is 20.2 Å². The van der Waals surface area contributed by atoms with Crippen molar-refractivity contribution in [3.8, 4) is 0 Å². The van der Waals surface area contributed by atoms with E-state index >= 15 is 0 Å². The van der Waals surface area contributed by atoms with Gasteiger partial charge in [0.2, 0.25) is 0 Å². The van der Waals surface area contributed by atoms with Gasteiger partial charge in [-0.3, -0.25) is 4.79 Å². The molecule has 0 unspecified atom stereocenters. The number of carbonyl (C=O) groups excluding carboxylic acids is 1. The van der Waals surface area contributed by atoms with Crippen LogP contribution in [0.1, 0.15) is 30.3 Å². The van der Waals surface area contributed by atoms with E-state index in [0.29, 0.717) is 5.69 Å². The predicted octanol–water partition coefficient (Wildman–Crippen LogP) is 0.961. The standard InChI is InChI=1S/C12H20N4O.ClH/c1-12(3-5-13-6-4-12)8-15-11(17)10-7-14-9-16(10)2;/h7,9,13H,3-6,8H2,1-2H3,(H,15,17);1H. The van der Waals surface area contributed by atoms with E-state index in [1.54, 1.807) is 17.1 Å². The minimum atomic E-state index is -0.0373. The first kappa shape index (κ1) is 15.0. The third kappa shape index (κ3) is 3.46. The number of hydrogen-bond acceptors (Lipinski definition) is 3. The molecule has 0 spiro atoms. The highest BCUT2D eigenvalue weighted by Gasteiger charge is 2.27. The number of amides is 1. The van der Waals surface area contributed by atoms with Crippen LogP contribution in [0.4, 0.5) is 0 Å². The van der Waals surface area contributed by atoms with Gasteiger partial charge in [0, 0.05) is 13.6 Å². The minimum Gasteiger partial charge on any atom is -0.350 e. The van der Waals surface area contributed by atoms with Crippen LogP contribution in [-0.2, 0) is 7.05 Å². The van der Waals surface area contributed by atoms with Gasteiger partial charge in [-0.15, -0.1) is 12.4 Å². The monoisotopic (exact) mass is 272 g/mol. The second kappa shape index (κ2) is 6.20. The molecule has 5 nitrogen and oxygen atoms in total. The van der Waals surface area contributed by atoms with E-state index in [0.717, 1.165) is 32.5 Å². The summed E-state index contributed by atoms with van der Waals surface area (Å²) in [5.41, 5.74) is 0.835. The maximum Gasteiger partial charge on any atom is 0.269 e. The molecule has 1 aromatic rings. The number of nitrogens with zero attached hydrogens (tertiary/aromatic N) is 2. The van der Waals surface area contributed by atoms with Crippen LogP contribution in [0.5, 0.6) is 0 Å². The molecule has 0 aromatic carbocycles. The third-order valence-corrected chi connectivity index (χ3v) is 3.54. The molecule has 1 aliphatic rings. The van der Waals surface area contributed by atoms with Gasteiger partial charge in [0.1, 0.15) is 5.69 Å². The fourth-order valence-corrected chi connectivity index (χ4v) is 2.17. The number of aromatic nitrogens is 2. The molecule has 0 atom stereocenters. The Bertz CT molecular complexity index is 399. The number of rotatable bonds is 3. The van der Waals surface area contributed by atoms with Gasteiger partial charge in [0.25, 0.3) is 5.91 Å². The summed E-state index contributed by atoms with van der Waals surface area (Å²) in [5.74, 6) is -0.0373. The van der Waals surface area contributed by atoms with Gasteiger partial charge in [-0.25, -0.2) is 4.98 Å². The van der Waals surface area contributed by atoms with Crippen molar-refractivity contribution in [1.29, 1.82) is 0 Å². The topological polar surface area (TPSA) is 59.0 Å². The zero-order chi connectivity index (χ0) is 12.3. The van der Waals surface area contributed by atoms with Gasteiger partial charge in [0.15, 0.2) is 0 Å². The van der Waals surface area contributed by atoms with Crippen molar-refractivity contribution >= 4 is 18.3 Å². The first-order valence-electron chi connectivity index (χ1n) is 6.06. The zero-order valence-corrected chi connectivity index (χ0v) is 11.7. The molecule has 1 saturated heterocycles. The van der Waals surface area contributed by atoms with E-state index in [-0.39, 0.29) is 23.7 Å². The van der Waals surface area contributed by atoms with E-state index < -0.39 is 0 Å². The Labute approximate surface area is 114 Å². The number of hydrogen-bond donors (Lipinski definition) is 2. The lowest BCUT2D eigenvalue weighted by atomic mass is 9.81. The second-order valence-corrected chi connectivity index (χ2v) is 5.13. The van der Waals surface area contributed by atoms with Gasteiger partial charge in [-0.05, 0) is 31.3 Å². The van der Waals surface area contributed by atoms with E-state index in [1.165, 1.54) is 0 Å². The highest BCUT2D eigenvalue weighted by molar-refractivity contribution is 5.92. The Hall–Kier alpha value is -1.07. The maximum atomic E-state index is 11.9. The molecule has 2 N–H and O–H groups in total. The van der Waals surface area contributed by atoms with Crippen molar-refractivity contribution in [3.05, 3.63) is 18.2 Å².